The number of hydrogen-bond donors (Lipinski definition) is 1. The van der Waals surface area contributed by atoms with Crippen molar-refractivity contribution in [1.29, 1.82) is 0 Å². The molecule has 0 heterocycles. The van der Waals surface area contributed by atoms with Gasteiger partial charge in [-0.3, -0.25) is 4.79 Å². The molecule has 0 radical (unpaired) electrons. The lowest BCUT2D eigenvalue weighted by atomic mass is 9.91. The SMILES string of the molecule is NC(=O)CC1=Cc2ccccc2CC1. The van der Waals surface area contributed by atoms with Gasteiger partial charge < -0.3 is 5.73 Å². The third-order valence-corrected chi connectivity index (χ3v) is 2.53. The maximum Gasteiger partial charge on any atom is 0.221 e. The Kier molecular flexibility index (Phi) is 2.35. The molecular formula is C12H13NO. The van der Waals surface area contributed by atoms with Crippen LogP contribution < -0.4 is 5.73 Å². The van der Waals surface area contributed by atoms with Gasteiger partial charge in [0.25, 0.3) is 0 Å². The first-order valence-corrected chi connectivity index (χ1v) is 4.81. The molecular weight excluding hydrogens is 174 g/mol. The van der Waals surface area contributed by atoms with Crippen molar-refractivity contribution in [2.24, 2.45) is 5.73 Å². The predicted octanol–water partition coefficient (Wildman–Crippen LogP) is 1.89. The smallest absolute Gasteiger partial charge is 0.221 e. The van der Waals surface area contributed by atoms with Crippen molar-refractivity contribution in [3.05, 3.63) is 41.0 Å². The van der Waals surface area contributed by atoms with Crippen LogP contribution in [0.2, 0.25) is 0 Å². The highest BCUT2D eigenvalue weighted by molar-refractivity contribution is 5.78. The van der Waals surface area contributed by atoms with Crippen LogP contribution in [0.15, 0.2) is 29.8 Å². The third-order valence-electron chi connectivity index (χ3n) is 2.53. The molecule has 0 saturated heterocycles. The molecule has 2 rings (SSSR count). The van der Waals surface area contributed by atoms with E-state index in [-0.39, 0.29) is 5.91 Å². The van der Waals surface area contributed by atoms with Crippen molar-refractivity contribution >= 4 is 12.0 Å². The second kappa shape index (κ2) is 3.66. The molecule has 0 saturated carbocycles. The Balaban J connectivity index is 2.26. The quantitative estimate of drug-likeness (QED) is 0.754. The van der Waals surface area contributed by atoms with E-state index in [2.05, 4.69) is 18.2 Å². The van der Waals surface area contributed by atoms with Crippen molar-refractivity contribution in [3.8, 4) is 0 Å². The van der Waals surface area contributed by atoms with E-state index in [1.807, 2.05) is 12.1 Å². The second-order valence-corrected chi connectivity index (χ2v) is 3.64. The van der Waals surface area contributed by atoms with E-state index >= 15 is 0 Å². The number of carbonyl (C=O) groups is 1. The first-order valence-electron chi connectivity index (χ1n) is 4.81. The highest BCUT2D eigenvalue weighted by Crippen LogP contribution is 2.24. The molecule has 1 aromatic carbocycles. The molecule has 1 aromatic rings. The number of amides is 1. The lowest BCUT2D eigenvalue weighted by Crippen LogP contribution is -2.12. The van der Waals surface area contributed by atoms with Gasteiger partial charge in [-0.05, 0) is 24.0 Å². The largest absolute Gasteiger partial charge is 0.369 e. The Morgan fingerprint density at radius 2 is 2.07 bits per heavy atom. The van der Waals surface area contributed by atoms with E-state index < -0.39 is 0 Å². The van der Waals surface area contributed by atoms with Crippen LogP contribution in [0.4, 0.5) is 0 Å². The average Bonchev–Trinajstić information content (AvgIpc) is 2.17. The minimum Gasteiger partial charge on any atom is -0.369 e. The summed E-state index contributed by atoms with van der Waals surface area (Å²) in [6.45, 7) is 0. The first-order chi connectivity index (χ1) is 6.75. The van der Waals surface area contributed by atoms with Gasteiger partial charge >= 0.3 is 0 Å². The summed E-state index contributed by atoms with van der Waals surface area (Å²) in [6, 6.07) is 8.27. The van der Waals surface area contributed by atoms with Gasteiger partial charge in [-0.15, -0.1) is 0 Å². The fourth-order valence-electron chi connectivity index (χ4n) is 1.85. The summed E-state index contributed by atoms with van der Waals surface area (Å²) < 4.78 is 0. The van der Waals surface area contributed by atoms with Gasteiger partial charge in [0, 0.05) is 6.42 Å². The minimum atomic E-state index is -0.240. The molecule has 2 heteroatoms. The number of hydrogen-bond acceptors (Lipinski definition) is 1. The molecule has 72 valence electrons. The molecule has 0 unspecified atom stereocenters. The fraction of sp³-hybridized carbons (Fsp3) is 0.250. The van der Waals surface area contributed by atoms with E-state index in [0.29, 0.717) is 6.42 Å². The Morgan fingerprint density at radius 1 is 1.29 bits per heavy atom. The van der Waals surface area contributed by atoms with Gasteiger partial charge in [-0.2, -0.15) is 0 Å². The number of aryl methyl sites for hydroxylation is 1. The van der Waals surface area contributed by atoms with Crippen LogP contribution >= 0.6 is 0 Å². The number of primary amides is 1. The standard InChI is InChI=1S/C12H13NO/c13-12(14)8-9-5-6-10-3-1-2-4-11(10)7-9/h1-4,7H,5-6,8H2,(H2,13,14). The Morgan fingerprint density at radius 3 is 2.86 bits per heavy atom. The van der Waals surface area contributed by atoms with Crippen LogP contribution in [0.25, 0.3) is 6.08 Å². The van der Waals surface area contributed by atoms with Crippen LogP contribution in [-0.2, 0) is 11.2 Å². The zero-order valence-corrected chi connectivity index (χ0v) is 7.99. The van der Waals surface area contributed by atoms with E-state index in [1.54, 1.807) is 0 Å². The molecule has 0 bridgehead atoms. The molecule has 1 aliphatic carbocycles. The van der Waals surface area contributed by atoms with E-state index in [1.165, 1.54) is 11.1 Å². The van der Waals surface area contributed by atoms with Crippen molar-refractivity contribution in [2.45, 2.75) is 19.3 Å². The highest BCUT2D eigenvalue weighted by atomic mass is 16.1. The molecule has 2 N–H and O–H groups in total. The van der Waals surface area contributed by atoms with Gasteiger partial charge in [-0.1, -0.05) is 35.9 Å². The Labute approximate surface area is 83.4 Å². The van der Waals surface area contributed by atoms with Gasteiger partial charge in [0.2, 0.25) is 5.91 Å². The number of carbonyl (C=O) groups excluding carboxylic acids is 1. The zero-order valence-electron chi connectivity index (χ0n) is 7.99. The summed E-state index contributed by atoms with van der Waals surface area (Å²) in [7, 11) is 0. The molecule has 0 fully saturated rings. The van der Waals surface area contributed by atoms with Gasteiger partial charge in [0.05, 0.1) is 0 Å². The Hall–Kier alpha value is -1.57. The maximum absolute atomic E-state index is 10.8. The van der Waals surface area contributed by atoms with Gasteiger partial charge in [0.15, 0.2) is 0 Å². The normalized spacial score (nSPS) is 14.4. The fourth-order valence-corrected chi connectivity index (χ4v) is 1.85. The number of benzene rings is 1. The molecule has 0 aromatic heterocycles. The average molecular weight is 187 g/mol. The number of nitrogens with two attached hydrogens (primary N) is 1. The van der Waals surface area contributed by atoms with Gasteiger partial charge in [-0.25, -0.2) is 0 Å². The minimum absolute atomic E-state index is 0.240. The van der Waals surface area contributed by atoms with Crippen LogP contribution in [0.5, 0.6) is 0 Å². The Bertz CT molecular complexity index is 393. The molecule has 0 atom stereocenters. The summed E-state index contributed by atoms with van der Waals surface area (Å²) in [5.41, 5.74) is 8.91. The summed E-state index contributed by atoms with van der Waals surface area (Å²) in [5, 5.41) is 0. The summed E-state index contributed by atoms with van der Waals surface area (Å²) in [6.07, 6.45) is 4.47. The lowest BCUT2D eigenvalue weighted by Gasteiger charge is -2.14. The van der Waals surface area contributed by atoms with Crippen LogP contribution in [0.3, 0.4) is 0 Å². The van der Waals surface area contributed by atoms with E-state index in [0.717, 1.165) is 18.4 Å². The van der Waals surface area contributed by atoms with Crippen LogP contribution in [0, 0.1) is 0 Å². The van der Waals surface area contributed by atoms with Crippen molar-refractivity contribution in [3.63, 3.8) is 0 Å². The lowest BCUT2D eigenvalue weighted by molar-refractivity contribution is -0.117. The first kappa shape index (κ1) is 9.00. The van der Waals surface area contributed by atoms with Crippen molar-refractivity contribution in [2.75, 3.05) is 0 Å². The number of fused-ring (bicyclic) bond motifs is 1. The maximum atomic E-state index is 10.8. The summed E-state index contributed by atoms with van der Waals surface area (Å²) in [5.74, 6) is -0.240. The molecule has 1 aliphatic rings. The van der Waals surface area contributed by atoms with E-state index in [9.17, 15) is 4.79 Å². The zero-order chi connectivity index (χ0) is 9.97. The van der Waals surface area contributed by atoms with Crippen LogP contribution in [-0.4, -0.2) is 5.91 Å². The van der Waals surface area contributed by atoms with Gasteiger partial charge in [0.1, 0.15) is 0 Å². The van der Waals surface area contributed by atoms with E-state index in [4.69, 9.17) is 5.73 Å². The molecule has 2 nitrogen and oxygen atoms in total. The third kappa shape index (κ3) is 1.84. The molecule has 0 aliphatic heterocycles. The topological polar surface area (TPSA) is 43.1 Å². The summed E-state index contributed by atoms with van der Waals surface area (Å²) in [4.78, 5) is 10.8. The summed E-state index contributed by atoms with van der Waals surface area (Å²) >= 11 is 0. The number of rotatable bonds is 2. The predicted molar refractivity (Wildman–Crippen MR) is 56.6 cm³/mol. The van der Waals surface area contributed by atoms with Crippen molar-refractivity contribution in [1.82, 2.24) is 0 Å². The monoisotopic (exact) mass is 187 g/mol. The molecule has 1 amide bonds. The molecule has 14 heavy (non-hydrogen) atoms. The van der Waals surface area contributed by atoms with Crippen LogP contribution in [0.1, 0.15) is 24.0 Å². The molecule has 0 spiro atoms. The van der Waals surface area contributed by atoms with Crippen molar-refractivity contribution < 1.29 is 4.79 Å². The highest BCUT2D eigenvalue weighted by Gasteiger charge is 2.10. The second-order valence-electron chi connectivity index (χ2n) is 3.64.